The number of H-pyrrole nitrogens is 1. The first-order chi connectivity index (χ1) is 16.3. The Balaban J connectivity index is 1.24. The molecule has 33 heavy (non-hydrogen) atoms. The zero-order chi connectivity index (χ0) is 22.0. The number of hydrazine groups is 1. The van der Waals surface area contributed by atoms with Gasteiger partial charge in [0.15, 0.2) is 0 Å². The van der Waals surface area contributed by atoms with Crippen molar-refractivity contribution in [3.05, 3.63) is 115 Å². The Morgan fingerprint density at radius 3 is 2.58 bits per heavy atom. The number of anilines is 1. The summed E-state index contributed by atoms with van der Waals surface area (Å²) in [6, 6.07) is 28.2. The monoisotopic (exact) mass is 432 g/mol. The molecule has 0 saturated heterocycles. The van der Waals surface area contributed by atoms with E-state index < -0.39 is 0 Å². The van der Waals surface area contributed by atoms with Crippen molar-refractivity contribution in [3.8, 4) is 17.4 Å². The van der Waals surface area contributed by atoms with E-state index in [1.807, 2.05) is 113 Å². The van der Waals surface area contributed by atoms with E-state index in [1.54, 1.807) is 6.20 Å². The maximum Gasteiger partial charge on any atom is 0.300 e. The van der Waals surface area contributed by atoms with Crippen molar-refractivity contribution in [1.29, 1.82) is 0 Å². The van der Waals surface area contributed by atoms with Crippen LogP contribution in [0.25, 0.3) is 22.4 Å². The van der Waals surface area contributed by atoms with E-state index in [0.29, 0.717) is 11.8 Å². The van der Waals surface area contributed by atoms with Gasteiger partial charge in [-0.2, -0.15) is 10.1 Å². The smallest absolute Gasteiger partial charge is 0.300 e. The van der Waals surface area contributed by atoms with Gasteiger partial charge in [-0.25, -0.2) is 4.68 Å². The SMILES string of the molecule is C1=CN(c2cccc(Oc3nc4ccccc4[nH]3)c2)NC(c2ccnn2-c2ccccc2)=C1. The van der Waals surface area contributed by atoms with Crippen LogP contribution in [0.3, 0.4) is 0 Å². The summed E-state index contributed by atoms with van der Waals surface area (Å²) in [5.41, 5.74) is 9.10. The molecule has 0 bridgehead atoms. The molecule has 6 rings (SSSR count). The second-order valence-electron chi connectivity index (χ2n) is 7.53. The van der Waals surface area contributed by atoms with Crippen LogP contribution in [0.5, 0.6) is 11.8 Å². The first kappa shape index (κ1) is 18.9. The number of benzene rings is 3. The molecule has 0 fully saturated rings. The predicted molar refractivity (Wildman–Crippen MR) is 129 cm³/mol. The number of aromatic nitrogens is 4. The predicted octanol–water partition coefficient (Wildman–Crippen LogP) is 5.42. The Morgan fingerprint density at radius 2 is 1.67 bits per heavy atom. The lowest BCUT2D eigenvalue weighted by Gasteiger charge is -2.27. The minimum Gasteiger partial charge on any atom is -0.426 e. The van der Waals surface area contributed by atoms with Crippen LogP contribution < -0.4 is 15.2 Å². The van der Waals surface area contributed by atoms with Gasteiger partial charge >= 0.3 is 0 Å². The molecule has 0 amide bonds. The van der Waals surface area contributed by atoms with Crippen molar-refractivity contribution >= 4 is 22.4 Å². The van der Waals surface area contributed by atoms with Crippen LogP contribution in [0.1, 0.15) is 5.69 Å². The summed E-state index contributed by atoms with van der Waals surface area (Å²) in [7, 11) is 0. The van der Waals surface area contributed by atoms with Gasteiger partial charge in [0.1, 0.15) is 5.75 Å². The molecule has 160 valence electrons. The summed E-state index contributed by atoms with van der Waals surface area (Å²) in [4.78, 5) is 7.69. The molecule has 7 heteroatoms. The lowest BCUT2D eigenvalue weighted by atomic mass is 10.2. The largest absolute Gasteiger partial charge is 0.426 e. The number of nitrogens with zero attached hydrogens (tertiary/aromatic N) is 4. The van der Waals surface area contributed by atoms with Crippen LogP contribution in [0.15, 0.2) is 109 Å². The summed E-state index contributed by atoms with van der Waals surface area (Å²) in [6.07, 6.45) is 7.80. The van der Waals surface area contributed by atoms with Crippen LogP contribution >= 0.6 is 0 Å². The number of hydrogen-bond donors (Lipinski definition) is 2. The van der Waals surface area contributed by atoms with Crippen LogP contribution in [0, 0.1) is 0 Å². The first-order valence-electron chi connectivity index (χ1n) is 10.6. The highest BCUT2D eigenvalue weighted by molar-refractivity contribution is 5.75. The lowest BCUT2D eigenvalue weighted by molar-refractivity contribution is 0.449. The maximum absolute atomic E-state index is 6.00. The van der Waals surface area contributed by atoms with E-state index in [4.69, 9.17) is 4.74 Å². The average molecular weight is 432 g/mol. The Morgan fingerprint density at radius 1 is 0.818 bits per heavy atom. The van der Waals surface area contributed by atoms with Crippen LogP contribution in [-0.2, 0) is 0 Å². The number of ether oxygens (including phenoxy) is 1. The highest BCUT2D eigenvalue weighted by atomic mass is 16.5. The Labute approximate surface area is 190 Å². The first-order valence-corrected chi connectivity index (χ1v) is 10.6. The summed E-state index contributed by atoms with van der Waals surface area (Å²) in [5.74, 6) is 0.687. The number of para-hydroxylation sites is 3. The number of allylic oxidation sites excluding steroid dienone is 2. The number of rotatable bonds is 5. The van der Waals surface area contributed by atoms with Gasteiger partial charge < -0.3 is 9.72 Å². The number of fused-ring (bicyclic) bond motifs is 1. The summed E-state index contributed by atoms with van der Waals surface area (Å²) < 4.78 is 7.91. The summed E-state index contributed by atoms with van der Waals surface area (Å²) >= 11 is 0. The van der Waals surface area contributed by atoms with Gasteiger partial charge in [0, 0.05) is 12.3 Å². The molecule has 2 N–H and O–H groups in total. The van der Waals surface area contributed by atoms with Crippen molar-refractivity contribution < 1.29 is 4.74 Å². The van der Waals surface area contributed by atoms with E-state index in [0.717, 1.165) is 33.8 Å². The van der Waals surface area contributed by atoms with E-state index in [1.165, 1.54) is 0 Å². The van der Waals surface area contributed by atoms with Crippen molar-refractivity contribution in [2.45, 2.75) is 0 Å². The molecule has 0 saturated carbocycles. The van der Waals surface area contributed by atoms with E-state index in [-0.39, 0.29) is 0 Å². The number of nitrogens with one attached hydrogen (secondary N) is 2. The minimum atomic E-state index is 0.461. The third kappa shape index (κ3) is 3.72. The van der Waals surface area contributed by atoms with Gasteiger partial charge in [0.2, 0.25) is 0 Å². The second kappa shape index (κ2) is 8.05. The number of hydrogen-bond acceptors (Lipinski definition) is 5. The van der Waals surface area contributed by atoms with Gasteiger partial charge in [-0.05, 0) is 54.6 Å². The Bertz CT molecular complexity index is 1450. The maximum atomic E-state index is 6.00. The van der Waals surface area contributed by atoms with Crippen molar-refractivity contribution in [2.24, 2.45) is 0 Å². The van der Waals surface area contributed by atoms with Gasteiger partial charge in [0.25, 0.3) is 6.01 Å². The normalized spacial score (nSPS) is 13.1. The molecule has 1 aliphatic heterocycles. The summed E-state index contributed by atoms with van der Waals surface area (Å²) in [6.45, 7) is 0. The second-order valence-corrected chi connectivity index (χ2v) is 7.53. The lowest BCUT2D eigenvalue weighted by Crippen LogP contribution is -2.34. The van der Waals surface area contributed by atoms with Gasteiger partial charge in [0.05, 0.1) is 40.0 Å². The zero-order valence-corrected chi connectivity index (χ0v) is 17.6. The summed E-state index contributed by atoms with van der Waals surface area (Å²) in [5, 5.41) is 6.45. The fourth-order valence-electron chi connectivity index (χ4n) is 3.79. The van der Waals surface area contributed by atoms with Crippen LogP contribution in [-0.4, -0.2) is 19.7 Å². The quantitative estimate of drug-likeness (QED) is 0.388. The van der Waals surface area contributed by atoms with Crippen LogP contribution in [0.4, 0.5) is 5.69 Å². The molecular weight excluding hydrogens is 412 g/mol. The molecule has 3 aromatic carbocycles. The average Bonchev–Trinajstić information content (AvgIpc) is 3.52. The fourth-order valence-corrected chi connectivity index (χ4v) is 3.79. The highest BCUT2D eigenvalue weighted by Gasteiger charge is 2.15. The minimum absolute atomic E-state index is 0.461. The Kier molecular flexibility index (Phi) is 4.62. The van der Waals surface area contributed by atoms with E-state index in [2.05, 4.69) is 20.5 Å². The molecule has 0 spiro atoms. The molecular formula is C26H20N6O. The molecule has 0 unspecified atom stereocenters. The van der Waals surface area contributed by atoms with Crippen molar-refractivity contribution in [3.63, 3.8) is 0 Å². The van der Waals surface area contributed by atoms with Gasteiger partial charge in [-0.3, -0.25) is 10.4 Å². The van der Waals surface area contributed by atoms with Gasteiger partial charge in [-0.1, -0.05) is 36.4 Å². The molecule has 3 heterocycles. The van der Waals surface area contributed by atoms with E-state index in [9.17, 15) is 0 Å². The number of aromatic amines is 1. The molecule has 0 atom stereocenters. The molecule has 1 aliphatic rings. The van der Waals surface area contributed by atoms with Gasteiger partial charge in [-0.15, -0.1) is 0 Å². The molecule has 5 aromatic rings. The molecule has 2 aromatic heterocycles. The van der Waals surface area contributed by atoms with Crippen molar-refractivity contribution in [1.82, 2.24) is 25.2 Å². The highest BCUT2D eigenvalue weighted by Crippen LogP contribution is 2.28. The topological polar surface area (TPSA) is 71.0 Å². The third-order valence-corrected chi connectivity index (χ3v) is 5.34. The van der Waals surface area contributed by atoms with Crippen LogP contribution in [0.2, 0.25) is 0 Å². The zero-order valence-electron chi connectivity index (χ0n) is 17.6. The molecule has 0 radical (unpaired) electrons. The number of imidazole rings is 1. The molecule has 0 aliphatic carbocycles. The fraction of sp³-hybridized carbons (Fsp3) is 0. The standard InChI is InChI=1S/C26H20N6O/c1-2-8-19(9-3-1)32-25(15-16-27-32)24-14-7-17-31(30-24)20-10-6-11-21(18-20)33-26-28-22-12-4-5-13-23(22)29-26/h1-18,30H,(H,28,29). The Hall–Kier alpha value is -4.78. The molecule has 7 nitrogen and oxygen atoms in total. The van der Waals surface area contributed by atoms with Crippen molar-refractivity contribution in [2.75, 3.05) is 5.01 Å². The van der Waals surface area contributed by atoms with E-state index >= 15 is 0 Å². The third-order valence-electron chi connectivity index (χ3n) is 5.34.